The third-order valence-corrected chi connectivity index (χ3v) is 3.29. The first-order valence-corrected chi connectivity index (χ1v) is 9.14. The molecule has 21 heavy (non-hydrogen) atoms. The SMILES string of the molecule is CCCCOCC(OCCCC)(OCCCC)O[PH](=O)O. The van der Waals surface area contributed by atoms with Gasteiger partial charge in [0.15, 0.2) is 0 Å². The topological polar surface area (TPSA) is 74.2 Å². The van der Waals surface area contributed by atoms with Gasteiger partial charge >= 0.3 is 14.2 Å². The average Bonchev–Trinajstić information content (AvgIpc) is 2.43. The van der Waals surface area contributed by atoms with Crippen LogP contribution in [0.4, 0.5) is 0 Å². The summed E-state index contributed by atoms with van der Waals surface area (Å²) in [4.78, 5) is 9.11. The lowest BCUT2D eigenvalue weighted by atomic mass is 10.3. The quantitative estimate of drug-likeness (QED) is 0.282. The number of rotatable bonds is 15. The standard InChI is InChI=1S/C14H31O6P/c1-4-7-10-17-13-14(20-21(15)16,18-11-8-5-2)19-12-9-6-3/h21H,4-13H2,1-3H3,(H,15,16). The van der Waals surface area contributed by atoms with Crippen LogP contribution in [-0.4, -0.2) is 37.3 Å². The van der Waals surface area contributed by atoms with E-state index in [0.29, 0.717) is 19.8 Å². The summed E-state index contributed by atoms with van der Waals surface area (Å²) < 4.78 is 32.9. The number of hydrogen-bond donors (Lipinski definition) is 1. The molecule has 0 aromatic rings. The van der Waals surface area contributed by atoms with Gasteiger partial charge in [0.2, 0.25) is 0 Å². The lowest BCUT2D eigenvalue weighted by Crippen LogP contribution is -2.43. The maximum absolute atomic E-state index is 11.1. The summed E-state index contributed by atoms with van der Waals surface area (Å²) in [5.74, 6) is -1.57. The van der Waals surface area contributed by atoms with Crippen LogP contribution < -0.4 is 0 Å². The van der Waals surface area contributed by atoms with Crippen molar-refractivity contribution in [3.05, 3.63) is 0 Å². The van der Waals surface area contributed by atoms with Crippen molar-refractivity contribution in [2.24, 2.45) is 0 Å². The molecule has 7 heteroatoms. The Morgan fingerprint density at radius 3 is 1.81 bits per heavy atom. The molecule has 0 rings (SSSR count). The van der Waals surface area contributed by atoms with Gasteiger partial charge in [0.05, 0.1) is 13.2 Å². The molecule has 1 atom stereocenters. The van der Waals surface area contributed by atoms with Crippen molar-refractivity contribution in [1.82, 2.24) is 0 Å². The molecular formula is C14H31O6P. The van der Waals surface area contributed by atoms with Gasteiger partial charge in [-0.15, -0.1) is 0 Å². The molecule has 0 spiro atoms. The molecule has 0 heterocycles. The van der Waals surface area contributed by atoms with E-state index < -0.39 is 14.2 Å². The highest BCUT2D eigenvalue weighted by Crippen LogP contribution is 2.29. The summed E-state index contributed by atoms with van der Waals surface area (Å²) in [6, 6.07) is 0. The van der Waals surface area contributed by atoms with Crippen molar-refractivity contribution in [3.8, 4) is 0 Å². The Bertz CT molecular complexity index is 252. The van der Waals surface area contributed by atoms with Crippen LogP contribution in [0.15, 0.2) is 0 Å². The minimum atomic E-state index is -3.19. The smallest absolute Gasteiger partial charge is 0.320 e. The van der Waals surface area contributed by atoms with Crippen LogP contribution in [-0.2, 0) is 23.3 Å². The van der Waals surface area contributed by atoms with Crippen molar-refractivity contribution < 1.29 is 28.2 Å². The molecule has 0 aliphatic rings. The lowest BCUT2D eigenvalue weighted by Gasteiger charge is -2.31. The largest absolute Gasteiger partial charge is 0.373 e. The Hall–Kier alpha value is 0.0300. The van der Waals surface area contributed by atoms with Gasteiger partial charge in [-0.05, 0) is 19.3 Å². The first-order chi connectivity index (χ1) is 10.1. The van der Waals surface area contributed by atoms with E-state index in [1.807, 2.05) is 13.8 Å². The summed E-state index contributed by atoms with van der Waals surface area (Å²) in [5.41, 5.74) is 0. The van der Waals surface area contributed by atoms with Crippen molar-refractivity contribution >= 4 is 8.25 Å². The van der Waals surface area contributed by atoms with Crippen molar-refractivity contribution in [2.45, 2.75) is 65.3 Å². The molecule has 0 aliphatic heterocycles. The number of unbranched alkanes of at least 4 members (excludes halogenated alkanes) is 3. The molecule has 0 aromatic heterocycles. The van der Waals surface area contributed by atoms with Gasteiger partial charge < -0.3 is 19.1 Å². The maximum atomic E-state index is 11.1. The normalized spacial score (nSPS) is 13.5. The lowest BCUT2D eigenvalue weighted by molar-refractivity contribution is -0.361. The predicted octanol–water partition coefficient (Wildman–Crippen LogP) is 3.49. The Morgan fingerprint density at radius 2 is 1.38 bits per heavy atom. The number of hydrogen-bond acceptors (Lipinski definition) is 5. The Morgan fingerprint density at radius 1 is 0.905 bits per heavy atom. The molecule has 1 unspecified atom stereocenters. The van der Waals surface area contributed by atoms with Crippen LogP contribution in [0.5, 0.6) is 0 Å². The van der Waals surface area contributed by atoms with E-state index in [9.17, 15) is 4.57 Å². The van der Waals surface area contributed by atoms with E-state index >= 15 is 0 Å². The Kier molecular flexibility index (Phi) is 13.7. The number of ether oxygens (including phenoxy) is 3. The third-order valence-electron chi connectivity index (χ3n) is 2.80. The molecule has 0 saturated carbocycles. The van der Waals surface area contributed by atoms with Crippen LogP contribution >= 0.6 is 8.25 Å². The summed E-state index contributed by atoms with van der Waals surface area (Å²) in [6.45, 7) is 7.48. The highest BCUT2D eigenvalue weighted by atomic mass is 31.1. The van der Waals surface area contributed by atoms with Gasteiger partial charge in [-0.3, -0.25) is 4.57 Å². The maximum Gasteiger partial charge on any atom is 0.320 e. The minimum absolute atomic E-state index is 0.00258. The zero-order valence-electron chi connectivity index (χ0n) is 13.6. The van der Waals surface area contributed by atoms with Crippen LogP contribution in [0.2, 0.25) is 0 Å². The van der Waals surface area contributed by atoms with Crippen molar-refractivity contribution in [2.75, 3.05) is 26.4 Å². The van der Waals surface area contributed by atoms with Crippen LogP contribution in [0.3, 0.4) is 0 Å². The van der Waals surface area contributed by atoms with Gasteiger partial charge in [0, 0.05) is 6.61 Å². The molecular weight excluding hydrogens is 295 g/mol. The van der Waals surface area contributed by atoms with Crippen LogP contribution in [0, 0.1) is 0 Å². The van der Waals surface area contributed by atoms with Crippen LogP contribution in [0.1, 0.15) is 59.3 Å². The fourth-order valence-corrected chi connectivity index (χ4v) is 1.98. The molecule has 128 valence electrons. The van der Waals surface area contributed by atoms with Gasteiger partial charge in [-0.25, -0.2) is 4.52 Å². The third kappa shape index (κ3) is 11.3. The molecule has 6 nitrogen and oxygen atoms in total. The van der Waals surface area contributed by atoms with Crippen LogP contribution in [0.25, 0.3) is 0 Å². The average molecular weight is 326 g/mol. The van der Waals surface area contributed by atoms with E-state index in [1.165, 1.54) is 0 Å². The van der Waals surface area contributed by atoms with Gasteiger partial charge in [-0.2, -0.15) is 0 Å². The molecule has 1 N–H and O–H groups in total. The van der Waals surface area contributed by atoms with Gasteiger partial charge in [0.1, 0.15) is 6.61 Å². The molecule has 0 fully saturated rings. The van der Waals surface area contributed by atoms with Gasteiger partial charge in [0.25, 0.3) is 0 Å². The first-order valence-electron chi connectivity index (χ1n) is 7.87. The second-order valence-corrected chi connectivity index (χ2v) is 5.60. The summed E-state index contributed by atoms with van der Waals surface area (Å²) >= 11 is 0. The first kappa shape index (κ1) is 21.0. The monoisotopic (exact) mass is 326 g/mol. The van der Waals surface area contributed by atoms with Crippen molar-refractivity contribution in [3.63, 3.8) is 0 Å². The molecule has 0 radical (unpaired) electrons. The molecule has 0 amide bonds. The van der Waals surface area contributed by atoms with E-state index in [-0.39, 0.29) is 6.61 Å². The molecule has 0 aliphatic carbocycles. The Balaban J connectivity index is 4.60. The highest BCUT2D eigenvalue weighted by Gasteiger charge is 2.36. The molecule has 0 saturated heterocycles. The van der Waals surface area contributed by atoms with Crippen molar-refractivity contribution in [1.29, 1.82) is 0 Å². The minimum Gasteiger partial charge on any atom is -0.373 e. The highest BCUT2D eigenvalue weighted by molar-refractivity contribution is 7.32. The fourth-order valence-electron chi connectivity index (χ4n) is 1.53. The summed E-state index contributed by atoms with van der Waals surface area (Å²) in [6.07, 6.45) is 5.48. The summed E-state index contributed by atoms with van der Waals surface area (Å²) in [7, 11) is -3.19. The van der Waals surface area contributed by atoms with E-state index in [2.05, 4.69) is 6.92 Å². The summed E-state index contributed by atoms with van der Waals surface area (Å²) in [5, 5.41) is 0. The molecule has 0 bridgehead atoms. The van der Waals surface area contributed by atoms with Gasteiger partial charge in [-0.1, -0.05) is 40.0 Å². The van der Waals surface area contributed by atoms with E-state index in [0.717, 1.165) is 38.5 Å². The zero-order chi connectivity index (χ0) is 16.0. The van der Waals surface area contributed by atoms with E-state index in [1.54, 1.807) is 0 Å². The molecule has 0 aromatic carbocycles. The zero-order valence-corrected chi connectivity index (χ0v) is 14.6. The Labute approximate surface area is 129 Å². The second-order valence-electron chi connectivity index (χ2n) is 4.86. The fraction of sp³-hybridized carbons (Fsp3) is 1.00. The second kappa shape index (κ2) is 13.7. The van der Waals surface area contributed by atoms with E-state index in [4.69, 9.17) is 23.6 Å². The predicted molar refractivity (Wildman–Crippen MR) is 82.5 cm³/mol.